The first kappa shape index (κ1) is 57.0. The molecule has 3 aromatic rings. The van der Waals surface area contributed by atoms with Gasteiger partial charge in [-0.15, -0.1) is 0 Å². The number of carbonyl (C=O) groups excluding carboxylic acids is 4. The summed E-state index contributed by atoms with van der Waals surface area (Å²) in [5.74, 6) is -2.27. The number of rotatable bonds is 26. The minimum absolute atomic E-state index is 0.00337. The number of unbranched alkanes of at least 4 members (excludes halogenated alkanes) is 2. The van der Waals surface area contributed by atoms with Gasteiger partial charge in [0, 0.05) is 36.7 Å². The lowest BCUT2D eigenvalue weighted by atomic mass is 9.73. The van der Waals surface area contributed by atoms with Crippen molar-refractivity contribution in [1.82, 2.24) is 25.5 Å². The van der Waals surface area contributed by atoms with Crippen molar-refractivity contribution in [3.05, 3.63) is 99.1 Å². The zero-order chi connectivity index (χ0) is 53.6. The van der Waals surface area contributed by atoms with Crippen molar-refractivity contribution < 1.29 is 82.1 Å². The van der Waals surface area contributed by atoms with E-state index in [2.05, 4.69) is 9.68 Å². The number of benzene rings is 3. The lowest BCUT2D eigenvalue weighted by Crippen LogP contribution is -2.59. The Kier molecular flexibility index (Phi) is 20.8. The van der Waals surface area contributed by atoms with Gasteiger partial charge in [0.05, 0.1) is 63.0 Å². The first-order valence-corrected chi connectivity index (χ1v) is 25.7. The molecular weight excluding hydrogens is 1010 g/mol. The lowest BCUT2D eigenvalue weighted by molar-refractivity contribution is -0.492. The Balaban J connectivity index is 1.15. The van der Waals surface area contributed by atoms with E-state index in [0.29, 0.717) is 69.2 Å². The average Bonchev–Trinajstić information content (AvgIpc) is 4.13. The monoisotopic (exact) mass is 1070 g/mol. The van der Waals surface area contributed by atoms with E-state index in [0.717, 1.165) is 52.8 Å². The van der Waals surface area contributed by atoms with Gasteiger partial charge >= 0.3 is 12.2 Å². The van der Waals surface area contributed by atoms with Crippen LogP contribution in [0.4, 0.5) is 18.4 Å². The van der Waals surface area contributed by atoms with Gasteiger partial charge in [-0.05, 0) is 136 Å². The number of hydrogen-bond donors (Lipinski definition) is 4. The number of carbonyl (C=O) groups is 4. The number of amides is 3. The molecule has 0 radical (unpaired) electrons. The van der Waals surface area contributed by atoms with E-state index >= 15 is 4.79 Å². The van der Waals surface area contributed by atoms with E-state index in [-0.39, 0.29) is 94.4 Å². The van der Waals surface area contributed by atoms with Gasteiger partial charge in [0.25, 0.3) is 5.91 Å². The zero-order valence-electron chi connectivity index (χ0n) is 42.1. The Labute approximate surface area is 438 Å². The number of likely N-dealkylation sites (tertiary alicyclic amines) is 1. The summed E-state index contributed by atoms with van der Waals surface area (Å²) in [4.78, 5) is 71.9. The molecule has 75 heavy (non-hydrogen) atoms. The number of aryl methyl sites for hydroxylation is 2. The molecule has 3 heterocycles. The van der Waals surface area contributed by atoms with E-state index in [1.807, 2.05) is 54.3 Å². The van der Waals surface area contributed by atoms with E-state index in [9.17, 15) is 23.2 Å². The maximum atomic E-state index is 15.7. The van der Waals surface area contributed by atoms with Gasteiger partial charge < -0.3 is 33.5 Å². The molecule has 1 saturated carbocycles. The molecular formula is C52H66ClF2N5O15. The first-order chi connectivity index (χ1) is 36.1. The third-order valence-electron chi connectivity index (χ3n) is 13.9. The molecule has 3 aliphatic heterocycles. The summed E-state index contributed by atoms with van der Waals surface area (Å²) in [6.45, 7) is 2.50. The summed E-state index contributed by atoms with van der Waals surface area (Å²) in [5.41, 5.74) is 4.59. The fourth-order valence-corrected chi connectivity index (χ4v) is 10.3. The molecule has 4 aliphatic rings. The van der Waals surface area contributed by atoms with Crippen LogP contribution in [-0.2, 0) is 46.4 Å². The van der Waals surface area contributed by atoms with Crippen LogP contribution in [0.15, 0.2) is 60.2 Å². The maximum absolute atomic E-state index is 15.7. The summed E-state index contributed by atoms with van der Waals surface area (Å²) < 4.78 is 56.0. The van der Waals surface area contributed by atoms with Crippen molar-refractivity contribution in [3.8, 4) is 11.5 Å². The maximum Gasteiger partial charge on any atom is 0.508 e. The molecule has 2 bridgehead atoms. The average molecular weight is 1070 g/mol. The molecule has 20 nitrogen and oxygen atoms in total. The standard InChI is InChI=1S/C52H66ClF2N5O15/c1-33-27-35(13-20-45(33)69-2)31-57(38-16-17-38)50(62)46-41(36-14-11-34(12-15-36)9-8-24-70-48-43(55)19-18-42(54)47(48)53)30-40-28-37(29-44(46)58(40)51(63)71-22-3-5-25-74-59(65)66)49(61)56-21-7-10-39(56)32-73-52(64)72-23-4-6-26-75-60(67)68/h11-15,18-20,27,37-40,44,65-68H,3-10,16-17,21-26,28-32H2,1-2H3. The summed E-state index contributed by atoms with van der Waals surface area (Å²) in [5, 5.41) is 34.0. The zero-order valence-corrected chi connectivity index (χ0v) is 42.8. The van der Waals surface area contributed by atoms with Gasteiger partial charge in [-0.3, -0.25) is 45.0 Å². The number of methoxy groups -OCH3 is 1. The fraction of sp³-hybridized carbons (Fsp3) is 0.538. The molecule has 0 spiro atoms. The van der Waals surface area contributed by atoms with Crippen LogP contribution in [0.1, 0.15) is 99.3 Å². The van der Waals surface area contributed by atoms with Crippen LogP contribution in [0.2, 0.25) is 5.02 Å². The molecule has 4 unspecified atom stereocenters. The van der Waals surface area contributed by atoms with Crippen LogP contribution in [0.5, 0.6) is 11.5 Å². The largest absolute Gasteiger partial charge is 0.508 e. The highest BCUT2D eigenvalue weighted by Crippen LogP contribution is 2.47. The van der Waals surface area contributed by atoms with Crippen LogP contribution < -0.4 is 9.47 Å². The summed E-state index contributed by atoms with van der Waals surface area (Å²) in [6.07, 6.45) is 4.16. The van der Waals surface area contributed by atoms with Gasteiger partial charge in [0.15, 0.2) is 11.6 Å². The predicted octanol–water partition coefficient (Wildman–Crippen LogP) is 8.61. The first-order valence-electron chi connectivity index (χ1n) is 25.3. The second kappa shape index (κ2) is 27.4. The Bertz CT molecular complexity index is 2470. The van der Waals surface area contributed by atoms with Crippen LogP contribution in [0.3, 0.4) is 0 Å². The van der Waals surface area contributed by atoms with Crippen molar-refractivity contribution in [2.45, 2.75) is 121 Å². The number of halogens is 3. The van der Waals surface area contributed by atoms with E-state index in [4.69, 9.17) is 56.1 Å². The molecule has 0 aromatic heterocycles. The summed E-state index contributed by atoms with van der Waals surface area (Å²) in [7, 11) is 1.60. The molecule has 3 amide bonds. The predicted molar refractivity (Wildman–Crippen MR) is 261 cm³/mol. The Hall–Kier alpha value is -5.69. The summed E-state index contributed by atoms with van der Waals surface area (Å²) in [6, 6.07) is 13.4. The number of hydrogen-bond acceptors (Lipinski definition) is 17. The van der Waals surface area contributed by atoms with Crippen molar-refractivity contribution in [2.75, 3.05) is 53.3 Å². The molecule has 23 heteroatoms. The van der Waals surface area contributed by atoms with Gasteiger partial charge in [-0.1, -0.05) is 48.0 Å². The van der Waals surface area contributed by atoms with E-state index in [1.54, 1.807) is 16.9 Å². The molecule has 3 aromatic carbocycles. The SMILES string of the molecule is COc1ccc(CN(C(=O)C2=C(c3ccc(CCCOc4c(F)ccc(F)c4Cl)cc3)CC3CC(C(=O)N4CCCC4COC(=O)OCCCCON(O)O)CC2N3C(=O)OCCCCON(O)O)C2CC2)cc1C. The highest BCUT2D eigenvalue weighted by Gasteiger charge is 2.51. The fourth-order valence-electron chi connectivity index (χ4n) is 10.1. The Morgan fingerprint density at radius 3 is 2.11 bits per heavy atom. The Morgan fingerprint density at radius 2 is 1.44 bits per heavy atom. The molecule has 3 fully saturated rings. The van der Waals surface area contributed by atoms with Crippen molar-refractivity contribution in [1.29, 1.82) is 0 Å². The third-order valence-corrected chi connectivity index (χ3v) is 14.2. The smallest absolute Gasteiger partial charge is 0.496 e. The quantitative estimate of drug-likeness (QED) is 0.0255. The van der Waals surface area contributed by atoms with Gasteiger partial charge in [-0.25, -0.2) is 18.4 Å². The van der Waals surface area contributed by atoms with Gasteiger partial charge in [0.1, 0.15) is 23.2 Å². The van der Waals surface area contributed by atoms with E-state index in [1.165, 1.54) is 0 Å². The second-order valence-electron chi connectivity index (χ2n) is 19.1. The van der Waals surface area contributed by atoms with Crippen molar-refractivity contribution in [2.24, 2.45) is 5.92 Å². The molecule has 1 aliphatic carbocycles. The van der Waals surface area contributed by atoms with Crippen LogP contribution in [0.25, 0.3) is 5.57 Å². The Morgan fingerprint density at radius 1 is 0.773 bits per heavy atom. The highest BCUT2D eigenvalue weighted by molar-refractivity contribution is 6.32. The number of piperidine rings is 1. The summed E-state index contributed by atoms with van der Waals surface area (Å²) >= 11 is 5.96. The van der Waals surface area contributed by atoms with Gasteiger partial charge in [0.2, 0.25) is 5.91 Å². The van der Waals surface area contributed by atoms with Crippen molar-refractivity contribution in [3.63, 3.8) is 0 Å². The van der Waals surface area contributed by atoms with Crippen LogP contribution in [0, 0.1) is 24.5 Å². The topological polar surface area (TPSA) is 230 Å². The minimum atomic E-state index is -0.908. The molecule has 2 saturated heterocycles. The normalized spacial score (nSPS) is 19.4. The minimum Gasteiger partial charge on any atom is -0.496 e. The lowest BCUT2D eigenvalue weighted by Gasteiger charge is -2.50. The highest BCUT2D eigenvalue weighted by atomic mass is 35.5. The second-order valence-corrected chi connectivity index (χ2v) is 19.4. The molecule has 4 N–H and O–H groups in total. The third kappa shape index (κ3) is 15.5. The van der Waals surface area contributed by atoms with E-state index < -0.39 is 58.3 Å². The van der Waals surface area contributed by atoms with Gasteiger partial charge in [-0.2, -0.15) is 0 Å². The molecule has 7 rings (SSSR count). The van der Waals surface area contributed by atoms with Crippen LogP contribution in [-0.4, -0.2) is 148 Å². The molecule has 4 atom stereocenters. The number of ether oxygens (including phenoxy) is 5. The number of fused-ring (bicyclic) bond motifs is 2. The van der Waals surface area contributed by atoms with Crippen molar-refractivity contribution >= 4 is 41.2 Å². The molecule has 410 valence electrons. The van der Waals surface area contributed by atoms with Crippen LogP contribution >= 0.6 is 11.6 Å². The number of nitrogens with zero attached hydrogens (tertiary/aromatic N) is 5.